The van der Waals surface area contributed by atoms with E-state index >= 15 is 0 Å². The highest BCUT2D eigenvalue weighted by atomic mass is 16.5. The Hall–Kier alpha value is -3.37. The largest absolute Gasteiger partial charge is 0.492 e. The summed E-state index contributed by atoms with van der Waals surface area (Å²) in [6.07, 6.45) is 0.395. The van der Waals surface area contributed by atoms with Gasteiger partial charge in [-0.05, 0) is 31.3 Å². The first kappa shape index (κ1) is 25.9. The molecule has 0 fully saturated rings. The molecule has 0 heterocycles. The van der Waals surface area contributed by atoms with Gasteiger partial charge in [-0.15, -0.1) is 0 Å². The third kappa shape index (κ3) is 8.95. The first-order chi connectivity index (χ1) is 16.1. The van der Waals surface area contributed by atoms with E-state index in [-0.39, 0.29) is 31.1 Å². The predicted molar refractivity (Wildman–Crippen MR) is 130 cm³/mol. The summed E-state index contributed by atoms with van der Waals surface area (Å²) in [6, 6.07) is 18.9. The number of para-hydroxylation sites is 2. The number of hydrogen-bond acceptors (Lipinski definition) is 5. The van der Waals surface area contributed by atoms with Crippen LogP contribution >= 0.6 is 0 Å². The van der Waals surface area contributed by atoms with Gasteiger partial charge >= 0.3 is 0 Å². The van der Waals surface area contributed by atoms with Gasteiger partial charge < -0.3 is 19.9 Å². The smallest absolute Gasteiger partial charge is 0.227 e. The van der Waals surface area contributed by atoms with Crippen molar-refractivity contribution in [3.8, 4) is 11.8 Å². The Kier molecular flexibility index (Phi) is 11.5. The summed E-state index contributed by atoms with van der Waals surface area (Å²) in [4.78, 5) is 29.0. The lowest BCUT2D eigenvalue weighted by molar-refractivity contribution is -0.125. The number of nitriles is 1. The Morgan fingerprint density at radius 1 is 0.970 bits per heavy atom. The second kappa shape index (κ2) is 14.6. The molecule has 7 heteroatoms. The molecule has 1 N–H and O–H groups in total. The molecule has 0 aliphatic carbocycles. The minimum Gasteiger partial charge on any atom is -0.492 e. The van der Waals surface area contributed by atoms with Gasteiger partial charge in [0, 0.05) is 43.7 Å². The molecular formula is C26H34N4O3. The summed E-state index contributed by atoms with van der Waals surface area (Å²) in [6.45, 7) is 8.28. The van der Waals surface area contributed by atoms with E-state index in [1.807, 2.05) is 54.6 Å². The van der Waals surface area contributed by atoms with Crippen LogP contribution in [0.4, 0.5) is 5.69 Å². The first-order valence-corrected chi connectivity index (χ1v) is 11.5. The summed E-state index contributed by atoms with van der Waals surface area (Å²) < 4.78 is 5.94. The maximum atomic E-state index is 12.7. The maximum Gasteiger partial charge on any atom is 0.227 e. The molecule has 7 nitrogen and oxygen atoms in total. The molecule has 0 aromatic heterocycles. The minimum atomic E-state index is -0.199. The Morgan fingerprint density at radius 2 is 1.67 bits per heavy atom. The molecule has 2 rings (SSSR count). The van der Waals surface area contributed by atoms with Crippen LogP contribution in [0.1, 0.15) is 38.7 Å². The van der Waals surface area contributed by atoms with E-state index in [4.69, 9.17) is 10.00 Å². The number of nitrogens with zero attached hydrogens (tertiary/aromatic N) is 3. The van der Waals surface area contributed by atoms with Gasteiger partial charge in [0.05, 0.1) is 12.5 Å². The van der Waals surface area contributed by atoms with Crippen LogP contribution in [-0.4, -0.2) is 49.5 Å². The molecule has 2 aromatic rings. The van der Waals surface area contributed by atoms with Gasteiger partial charge in [0.1, 0.15) is 12.4 Å². The van der Waals surface area contributed by atoms with Gasteiger partial charge in [0.25, 0.3) is 0 Å². The van der Waals surface area contributed by atoms with Crippen molar-refractivity contribution < 1.29 is 14.3 Å². The Balaban J connectivity index is 1.85. The summed E-state index contributed by atoms with van der Waals surface area (Å²) in [5.41, 5.74) is 1.63. The molecule has 0 aliphatic rings. The van der Waals surface area contributed by atoms with Crippen molar-refractivity contribution >= 4 is 17.5 Å². The van der Waals surface area contributed by atoms with Crippen LogP contribution in [0, 0.1) is 11.3 Å². The number of nitrogens with one attached hydrogen (secondary N) is 1. The molecule has 176 valence electrons. The highest BCUT2D eigenvalue weighted by Gasteiger charge is 2.17. The van der Waals surface area contributed by atoms with Gasteiger partial charge in [-0.1, -0.05) is 50.2 Å². The average Bonchev–Trinajstić information content (AvgIpc) is 2.85. The van der Waals surface area contributed by atoms with Crippen LogP contribution in [0.3, 0.4) is 0 Å². The molecule has 2 aromatic carbocycles. The van der Waals surface area contributed by atoms with Crippen LogP contribution in [0.25, 0.3) is 0 Å². The summed E-state index contributed by atoms with van der Waals surface area (Å²) in [7, 11) is 0. The van der Waals surface area contributed by atoms with E-state index in [1.165, 1.54) is 0 Å². The fourth-order valence-electron chi connectivity index (χ4n) is 3.42. The fourth-order valence-corrected chi connectivity index (χ4v) is 3.42. The Morgan fingerprint density at radius 3 is 2.36 bits per heavy atom. The highest BCUT2D eigenvalue weighted by molar-refractivity contribution is 5.95. The molecule has 0 bridgehead atoms. The van der Waals surface area contributed by atoms with Crippen LogP contribution in [0.5, 0.6) is 5.75 Å². The lowest BCUT2D eigenvalue weighted by Crippen LogP contribution is -2.33. The number of carbonyl (C=O) groups is 2. The zero-order valence-corrected chi connectivity index (χ0v) is 19.6. The van der Waals surface area contributed by atoms with E-state index < -0.39 is 0 Å². The third-order valence-electron chi connectivity index (χ3n) is 5.39. The predicted octanol–water partition coefficient (Wildman–Crippen LogP) is 3.75. The number of hydrogen-bond donors (Lipinski definition) is 1. The molecule has 0 atom stereocenters. The number of benzene rings is 2. The van der Waals surface area contributed by atoms with Gasteiger partial charge in [-0.25, -0.2) is 0 Å². The average molecular weight is 451 g/mol. The van der Waals surface area contributed by atoms with E-state index in [0.717, 1.165) is 36.6 Å². The maximum absolute atomic E-state index is 12.7. The second-order valence-electron chi connectivity index (χ2n) is 7.55. The topological polar surface area (TPSA) is 85.7 Å². The van der Waals surface area contributed by atoms with Crippen molar-refractivity contribution in [2.24, 2.45) is 0 Å². The SMILES string of the molecule is CCN(CC)CCOc1ccccc1CNC(=O)CCC(=O)N(CCC#N)c1ccccc1. The number of ether oxygens (including phenoxy) is 1. The summed E-state index contributed by atoms with van der Waals surface area (Å²) >= 11 is 0. The minimum absolute atomic E-state index is 0.0776. The molecule has 0 saturated carbocycles. The number of anilines is 1. The number of rotatable bonds is 14. The normalized spacial score (nSPS) is 10.5. The van der Waals surface area contributed by atoms with Gasteiger partial charge in [-0.3, -0.25) is 9.59 Å². The first-order valence-electron chi connectivity index (χ1n) is 11.5. The van der Waals surface area contributed by atoms with Crippen molar-refractivity contribution in [3.05, 3.63) is 60.2 Å². The van der Waals surface area contributed by atoms with Crippen LogP contribution in [0.15, 0.2) is 54.6 Å². The van der Waals surface area contributed by atoms with Crippen molar-refractivity contribution in [3.63, 3.8) is 0 Å². The van der Waals surface area contributed by atoms with Crippen LogP contribution < -0.4 is 15.0 Å². The monoisotopic (exact) mass is 450 g/mol. The second-order valence-corrected chi connectivity index (χ2v) is 7.55. The standard InChI is InChI=1S/C26H34N4O3/c1-3-29(4-2)19-20-33-24-14-9-8-11-22(24)21-28-25(31)15-16-26(32)30(18-10-17-27)23-12-6-5-7-13-23/h5-9,11-14H,3-4,10,15-16,18-21H2,1-2H3,(H,28,31). The Labute approximate surface area is 196 Å². The zero-order chi connectivity index (χ0) is 23.9. The molecule has 0 unspecified atom stereocenters. The summed E-state index contributed by atoms with van der Waals surface area (Å²) in [5.74, 6) is 0.383. The van der Waals surface area contributed by atoms with E-state index in [1.54, 1.807) is 4.90 Å². The number of likely N-dealkylation sites (N-methyl/N-ethyl adjacent to an activating group) is 1. The highest BCUT2D eigenvalue weighted by Crippen LogP contribution is 2.18. The molecular weight excluding hydrogens is 416 g/mol. The molecule has 0 aliphatic heterocycles. The van der Waals surface area contributed by atoms with Crippen LogP contribution in [-0.2, 0) is 16.1 Å². The van der Waals surface area contributed by atoms with Gasteiger partial charge in [0.15, 0.2) is 0 Å². The van der Waals surface area contributed by atoms with Gasteiger partial charge in [0.2, 0.25) is 11.8 Å². The van der Waals surface area contributed by atoms with Crippen molar-refractivity contribution in [2.45, 2.75) is 39.7 Å². The lowest BCUT2D eigenvalue weighted by Gasteiger charge is -2.21. The van der Waals surface area contributed by atoms with E-state index in [9.17, 15) is 9.59 Å². The molecule has 0 radical (unpaired) electrons. The van der Waals surface area contributed by atoms with E-state index in [2.05, 4.69) is 30.1 Å². The van der Waals surface area contributed by atoms with Crippen molar-refractivity contribution in [1.29, 1.82) is 5.26 Å². The molecule has 0 spiro atoms. The number of amides is 2. The molecule has 33 heavy (non-hydrogen) atoms. The van der Waals surface area contributed by atoms with Crippen LogP contribution in [0.2, 0.25) is 0 Å². The molecule has 0 saturated heterocycles. The Bertz CT molecular complexity index is 907. The number of carbonyl (C=O) groups excluding carboxylic acids is 2. The van der Waals surface area contributed by atoms with E-state index in [0.29, 0.717) is 19.7 Å². The lowest BCUT2D eigenvalue weighted by atomic mass is 10.2. The fraction of sp³-hybridized carbons (Fsp3) is 0.423. The van der Waals surface area contributed by atoms with Crippen molar-refractivity contribution in [2.75, 3.05) is 37.7 Å². The van der Waals surface area contributed by atoms with Gasteiger partial charge in [-0.2, -0.15) is 5.26 Å². The van der Waals surface area contributed by atoms with Crippen molar-refractivity contribution in [1.82, 2.24) is 10.2 Å². The summed E-state index contributed by atoms with van der Waals surface area (Å²) in [5, 5.41) is 11.8. The quantitative estimate of drug-likeness (QED) is 0.474. The third-order valence-corrected chi connectivity index (χ3v) is 5.39. The molecule has 2 amide bonds. The zero-order valence-electron chi connectivity index (χ0n) is 19.6.